The van der Waals surface area contributed by atoms with Gasteiger partial charge in [0.15, 0.2) is 0 Å². The van der Waals surface area contributed by atoms with Crippen LogP contribution in [0.25, 0.3) is 0 Å². The summed E-state index contributed by atoms with van der Waals surface area (Å²) in [4.78, 5) is 0. The van der Waals surface area contributed by atoms with Gasteiger partial charge in [-0.05, 0) is 36.3 Å². The van der Waals surface area contributed by atoms with Gasteiger partial charge in [0, 0.05) is 17.1 Å². The minimum atomic E-state index is -0.0593. The van der Waals surface area contributed by atoms with E-state index in [0.29, 0.717) is 15.8 Å². The molecule has 0 heterocycles. The first-order valence-corrected chi connectivity index (χ1v) is 7.58. The fraction of sp³-hybridized carbons (Fsp3) is 0.600. The number of ether oxygens (including phenoxy) is 1. The third-order valence-corrected chi connectivity index (χ3v) is 5.19. The van der Waals surface area contributed by atoms with E-state index >= 15 is 0 Å². The van der Waals surface area contributed by atoms with Crippen LogP contribution >= 0.6 is 23.2 Å². The Morgan fingerprint density at radius 3 is 2.42 bits per heavy atom. The van der Waals surface area contributed by atoms with Crippen molar-refractivity contribution in [2.75, 3.05) is 7.11 Å². The molecule has 2 N–H and O–H groups in total. The predicted molar refractivity (Wildman–Crippen MR) is 81.1 cm³/mol. The molecular weight excluding hydrogens is 281 g/mol. The van der Waals surface area contributed by atoms with Crippen LogP contribution in [0.1, 0.15) is 50.6 Å². The van der Waals surface area contributed by atoms with Gasteiger partial charge in [0.1, 0.15) is 5.75 Å². The maximum Gasteiger partial charge on any atom is 0.138 e. The molecule has 1 aromatic carbocycles. The van der Waals surface area contributed by atoms with Gasteiger partial charge in [0.2, 0.25) is 0 Å². The van der Waals surface area contributed by atoms with Gasteiger partial charge < -0.3 is 10.5 Å². The van der Waals surface area contributed by atoms with E-state index < -0.39 is 0 Å². The van der Waals surface area contributed by atoms with Gasteiger partial charge in [-0.25, -0.2) is 0 Å². The van der Waals surface area contributed by atoms with E-state index in [-0.39, 0.29) is 11.5 Å². The molecule has 1 fully saturated rings. The summed E-state index contributed by atoms with van der Waals surface area (Å²) in [6.07, 6.45) is 5.93. The molecule has 1 aromatic rings. The van der Waals surface area contributed by atoms with Crippen LogP contribution in [-0.2, 0) is 0 Å². The molecule has 19 heavy (non-hydrogen) atoms. The Morgan fingerprint density at radius 2 is 1.89 bits per heavy atom. The molecule has 106 valence electrons. The van der Waals surface area contributed by atoms with E-state index in [1.807, 2.05) is 6.07 Å². The van der Waals surface area contributed by atoms with E-state index in [9.17, 15) is 0 Å². The second kappa shape index (κ2) is 5.90. The first-order valence-electron chi connectivity index (χ1n) is 6.82. The number of nitrogens with two attached hydrogens (primary N) is 1. The number of methoxy groups -OCH3 is 1. The summed E-state index contributed by atoms with van der Waals surface area (Å²) in [7, 11) is 1.58. The van der Waals surface area contributed by atoms with Crippen molar-refractivity contribution in [1.29, 1.82) is 0 Å². The lowest BCUT2D eigenvalue weighted by atomic mass is 9.74. The first kappa shape index (κ1) is 15.0. The van der Waals surface area contributed by atoms with E-state index in [2.05, 4.69) is 6.92 Å². The van der Waals surface area contributed by atoms with Crippen LogP contribution in [0, 0.1) is 5.41 Å². The molecule has 0 spiro atoms. The molecule has 0 amide bonds. The molecule has 0 aliphatic heterocycles. The van der Waals surface area contributed by atoms with Gasteiger partial charge in [-0.1, -0.05) is 43.0 Å². The molecule has 4 heteroatoms. The Kier molecular flexibility index (Phi) is 4.65. The van der Waals surface area contributed by atoms with Crippen LogP contribution in [-0.4, -0.2) is 7.11 Å². The molecule has 1 saturated carbocycles. The molecule has 1 atom stereocenters. The Labute approximate surface area is 125 Å². The van der Waals surface area contributed by atoms with Gasteiger partial charge in [0.05, 0.1) is 12.1 Å². The van der Waals surface area contributed by atoms with Gasteiger partial charge in [0.25, 0.3) is 0 Å². The fourth-order valence-corrected chi connectivity index (χ4v) is 3.75. The summed E-state index contributed by atoms with van der Waals surface area (Å²) in [6.45, 7) is 2.21. The Hall–Kier alpha value is -0.440. The summed E-state index contributed by atoms with van der Waals surface area (Å²) < 4.78 is 5.18. The monoisotopic (exact) mass is 301 g/mol. The third-order valence-electron chi connectivity index (χ3n) is 4.57. The average molecular weight is 302 g/mol. The Balaban J connectivity index is 2.38. The summed E-state index contributed by atoms with van der Waals surface area (Å²) in [5, 5.41) is 1.22. The molecule has 2 rings (SSSR count). The van der Waals surface area contributed by atoms with Gasteiger partial charge in [-0.3, -0.25) is 0 Å². The molecular formula is C15H21Cl2NO. The fourth-order valence-electron chi connectivity index (χ4n) is 3.23. The summed E-state index contributed by atoms with van der Waals surface area (Å²) in [5.74, 6) is 0.597. The van der Waals surface area contributed by atoms with Crippen molar-refractivity contribution in [3.05, 3.63) is 27.7 Å². The van der Waals surface area contributed by atoms with Gasteiger partial charge >= 0.3 is 0 Å². The van der Waals surface area contributed by atoms with Crippen molar-refractivity contribution in [2.45, 2.75) is 45.1 Å². The second-order valence-electron chi connectivity index (χ2n) is 5.41. The van der Waals surface area contributed by atoms with Crippen molar-refractivity contribution in [3.63, 3.8) is 0 Å². The highest BCUT2D eigenvalue weighted by Gasteiger charge is 2.39. The maximum absolute atomic E-state index is 6.52. The highest BCUT2D eigenvalue weighted by molar-refractivity contribution is 6.34. The standard InChI is InChI=1S/C15H21Cl2NO/c1-3-15(6-4-5-7-15)14(18)10-8-12(17)13(19-2)9-11(10)16/h8-9,14H,3-7,18H2,1-2H3. The number of hydrogen-bond acceptors (Lipinski definition) is 2. The van der Waals surface area contributed by atoms with Crippen LogP contribution in [0.2, 0.25) is 10.0 Å². The Morgan fingerprint density at radius 1 is 1.26 bits per heavy atom. The van der Waals surface area contributed by atoms with Crippen LogP contribution in [0.5, 0.6) is 5.75 Å². The molecule has 0 radical (unpaired) electrons. The summed E-state index contributed by atoms with van der Waals surface area (Å²) in [5.41, 5.74) is 7.63. The first-order chi connectivity index (χ1) is 9.04. The minimum absolute atomic E-state index is 0.0593. The van der Waals surface area contributed by atoms with E-state index in [1.54, 1.807) is 13.2 Å². The van der Waals surface area contributed by atoms with E-state index in [4.69, 9.17) is 33.7 Å². The molecule has 1 aliphatic carbocycles. The third kappa shape index (κ3) is 2.72. The lowest BCUT2D eigenvalue weighted by molar-refractivity contribution is 0.222. The number of rotatable bonds is 4. The van der Waals surface area contributed by atoms with Crippen molar-refractivity contribution in [2.24, 2.45) is 11.1 Å². The second-order valence-corrected chi connectivity index (χ2v) is 6.22. The molecule has 0 aromatic heterocycles. The van der Waals surface area contributed by atoms with Gasteiger partial charge in [-0.15, -0.1) is 0 Å². The maximum atomic E-state index is 6.52. The lowest BCUT2D eigenvalue weighted by Crippen LogP contribution is -2.32. The van der Waals surface area contributed by atoms with Crippen molar-refractivity contribution >= 4 is 23.2 Å². The zero-order valence-electron chi connectivity index (χ0n) is 11.5. The van der Waals surface area contributed by atoms with Crippen molar-refractivity contribution in [3.8, 4) is 5.75 Å². The van der Waals surface area contributed by atoms with Crippen LogP contribution < -0.4 is 10.5 Å². The predicted octanol–water partition coefficient (Wildman–Crippen LogP) is 4.97. The minimum Gasteiger partial charge on any atom is -0.495 e. The number of hydrogen-bond donors (Lipinski definition) is 1. The van der Waals surface area contributed by atoms with E-state index in [0.717, 1.165) is 12.0 Å². The topological polar surface area (TPSA) is 35.2 Å². The molecule has 1 unspecified atom stereocenters. The number of halogens is 2. The normalized spacial score (nSPS) is 19.4. The van der Waals surface area contributed by atoms with Crippen LogP contribution in [0.4, 0.5) is 0 Å². The lowest BCUT2D eigenvalue weighted by Gasteiger charge is -2.35. The van der Waals surface area contributed by atoms with Crippen molar-refractivity contribution < 1.29 is 4.74 Å². The highest BCUT2D eigenvalue weighted by Crippen LogP contribution is 2.50. The number of benzene rings is 1. The van der Waals surface area contributed by atoms with E-state index in [1.165, 1.54) is 25.7 Å². The average Bonchev–Trinajstić information content (AvgIpc) is 2.90. The molecule has 0 saturated heterocycles. The zero-order chi connectivity index (χ0) is 14.0. The zero-order valence-corrected chi connectivity index (χ0v) is 13.0. The molecule has 2 nitrogen and oxygen atoms in total. The highest BCUT2D eigenvalue weighted by atomic mass is 35.5. The quantitative estimate of drug-likeness (QED) is 0.852. The SMILES string of the molecule is CCC1(C(N)c2cc(Cl)c(OC)cc2Cl)CCCC1. The van der Waals surface area contributed by atoms with Gasteiger partial charge in [-0.2, -0.15) is 0 Å². The van der Waals surface area contributed by atoms with Crippen LogP contribution in [0.3, 0.4) is 0 Å². The molecule has 0 bridgehead atoms. The molecule has 1 aliphatic rings. The summed E-state index contributed by atoms with van der Waals surface area (Å²) in [6, 6.07) is 3.57. The van der Waals surface area contributed by atoms with Crippen LogP contribution in [0.15, 0.2) is 12.1 Å². The Bertz CT molecular complexity index is 456. The largest absolute Gasteiger partial charge is 0.495 e. The smallest absolute Gasteiger partial charge is 0.138 e. The summed E-state index contributed by atoms with van der Waals surface area (Å²) >= 11 is 12.6. The van der Waals surface area contributed by atoms with Crippen molar-refractivity contribution in [1.82, 2.24) is 0 Å².